The average molecular weight is 2160 g/mol. The predicted molar refractivity (Wildman–Crippen MR) is 470 cm³/mol. The number of esters is 1. The number of aromatic nitrogens is 4. The van der Waals surface area contributed by atoms with E-state index >= 15 is 0 Å². The number of carbonyl (C=O) groups excluding carboxylic acids is 3. The molecule has 4 atom stereocenters. The number of tetrazole rings is 1. The van der Waals surface area contributed by atoms with Gasteiger partial charge in [0.1, 0.15) is 29.1 Å². The molecule has 9 rings (SSSR count). The van der Waals surface area contributed by atoms with E-state index in [1.54, 1.807) is 13.8 Å². The topological polar surface area (TPSA) is 345 Å². The number of benzene rings is 8. The molecule has 0 saturated carbocycles. The average Bonchev–Trinajstić information content (AvgIpc) is 1.53. The van der Waals surface area contributed by atoms with E-state index in [4.69, 9.17) is 44.9 Å². The number of nitrogens with one attached hydrogen (secondary N) is 1. The Morgan fingerprint density at radius 2 is 0.793 bits per heavy atom. The Hall–Kier alpha value is -11.6. The van der Waals surface area contributed by atoms with Gasteiger partial charge < -0.3 is 39.0 Å². The number of nitrogens with two attached hydrogens (primary N) is 2. The van der Waals surface area contributed by atoms with Crippen LogP contribution in [-0.2, 0) is 88.5 Å². The van der Waals surface area contributed by atoms with Gasteiger partial charge in [-0.3, -0.25) is 9.59 Å². The maximum absolute atomic E-state index is 13.0. The molecule has 1 amide bonds. The van der Waals surface area contributed by atoms with Gasteiger partial charge in [0.25, 0.3) is 11.7 Å². The molecule has 0 fully saturated rings. The second kappa shape index (κ2) is 58.6. The number of unbranched alkanes of at least 4 members (excludes halogenated alkanes) is 3. The number of rotatable bonds is 33. The summed E-state index contributed by atoms with van der Waals surface area (Å²) in [6.07, 6.45) is -34.6. The van der Waals surface area contributed by atoms with E-state index in [-0.39, 0.29) is 57.7 Å². The molecular weight excluding hydrogens is 2060 g/mol. The molecule has 140 heavy (non-hydrogen) atoms. The van der Waals surface area contributed by atoms with Crippen molar-refractivity contribution in [1.29, 1.82) is 5.26 Å². The molecule has 4 unspecified atom stereocenters. The Kier molecular flexibility index (Phi) is 52.1. The first-order chi connectivity index (χ1) is 65.2. The minimum atomic E-state index is -4.68. The van der Waals surface area contributed by atoms with E-state index < -0.39 is 179 Å². The van der Waals surface area contributed by atoms with Crippen LogP contribution in [0.3, 0.4) is 0 Å². The Labute approximate surface area is 798 Å². The second-order valence-electron chi connectivity index (χ2n) is 29.0. The zero-order valence-corrected chi connectivity index (χ0v) is 81.3. The van der Waals surface area contributed by atoms with E-state index in [0.717, 1.165) is 152 Å². The number of nitriles is 1. The molecule has 0 aliphatic heterocycles. The summed E-state index contributed by atoms with van der Waals surface area (Å²) in [5.41, 5.74) is 5.79. The molecule has 9 aromatic rings. The third-order valence-electron chi connectivity index (χ3n) is 18.1. The van der Waals surface area contributed by atoms with Crippen LogP contribution in [0.4, 0.5) is 105 Å². The number of amides is 1. The van der Waals surface area contributed by atoms with Gasteiger partial charge in [-0.1, -0.05) is 93.0 Å². The number of carbonyl (C=O) groups is 3. The zero-order valence-electron chi connectivity index (χ0n) is 76.5. The number of aromatic amines is 1. The first-order valence-electron chi connectivity index (χ1n) is 42.0. The van der Waals surface area contributed by atoms with E-state index in [9.17, 15) is 128 Å². The third-order valence-corrected chi connectivity index (χ3v) is 32.1. The summed E-state index contributed by atoms with van der Waals surface area (Å²) in [4.78, 5) is 47.0. The summed E-state index contributed by atoms with van der Waals surface area (Å²) in [7, 11) is -2.34. The Morgan fingerprint density at radius 1 is 0.493 bits per heavy atom. The van der Waals surface area contributed by atoms with Crippen LogP contribution in [0.25, 0.3) is 10.4 Å². The van der Waals surface area contributed by atoms with Crippen LogP contribution in [-0.4, -0.2) is 117 Å². The molecular formula is C89H99AlF24N12O12SSn. The first-order valence-corrected chi connectivity index (χ1v) is 53.7. The molecule has 51 heteroatoms. The van der Waals surface area contributed by atoms with Crippen molar-refractivity contribution in [2.45, 2.75) is 193 Å². The van der Waals surface area contributed by atoms with Crippen LogP contribution < -0.4 is 29.4 Å². The summed E-state index contributed by atoms with van der Waals surface area (Å²) in [6.45, 7) is 16.3. The molecule has 0 bridgehead atoms. The smallest absolute Gasteiger partial charge is 0.416 e. The summed E-state index contributed by atoms with van der Waals surface area (Å²) in [5, 5.41) is 21.7. The number of primary amides is 1. The van der Waals surface area contributed by atoms with Crippen molar-refractivity contribution in [3.05, 3.63) is 277 Å². The van der Waals surface area contributed by atoms with E-state index in [1.165, 1.54) is 101 Å². The number of ketones is 1. The maximum atomic E-state index is 13.0. The third kappa shape index (κ3) is 44.5. The maximum Gasteiger partial charge on any atom is 0.416 e. The standard InChI is InChI=1S/C18H14F6O3.C17H9F6NO2.C16H10F6N4O.C16H11F6NO2.C6H14N2O4S.3C4H9.C2H6.2CH3.Al.N3.H2N.Sn/c1-2-26-16(25)15(11-4-3-5-13(10-11)18(22,23)24)27-14-8-6-12(7-9-14)17(19,20)21;18-16(19,20)11-4-6-13(7-5-11)26-15(14(25)9-24)10-2-1-3-12(8-10)17(21,22)23;17-15(18,19)10-4-6-12(7-5-10)27-13(14-23-25-26-24-14)9-2-1-3-11(8-9)16(20,21)22;17-15(18,19)10-4-6-12(7-5-10)25-13(14(23)24)9-2-1-3-11(8-9)16(20,21)22;1-4-8(5-2)13(9,10)7-6-12-11-3;3*1-3-4-2;1-2;;;;1-3-2;;/h3-10,15H,2H2,1H3;1-8,15H;1-8,13H,(H,23,24,25,26);1-8,13H,(H2,23,24);6H,4-5H2,1-3H3;3*1,3-4H2,2H3;1-2H3;2*1H3;;;1H2;/q;;;;;;;;;;;+1;2*-1;+1. The number of ether oxygens (including phenoxy) is 5. The van der Waals surface area contributed by atoms with Crippen LogP contribution in [0.5, 0.6) is 23.0 Å². The molecule has 0 aliphatic rings. The number of H-pyrrole nitrogens is 1. The summed E-state index contributed by atoms with van der Waals surface area (Å²) in [6, 6.07) is 30.5. The fraction of sp³-hybridized carbons (Fsp3) is 0.393. The number of alkyl halides is 24. The van der Waals surface area contributed by atoms with Crippen LogP contribution >= 0.6 is 0 Å². The van der Waals surface area contributed by atoms with Crippen LogP contribution in [0, 0.1) is 11.3 Å². The summed E-state index contributed by atoms with van der Waals surface area (Å²) in [5.74, 6) is 0.376. The molecule has 0 aliphatic carbocycles. The van der Waals surface area contributed by atoms with E-state index in [2.05, 4.69) is 75.4 Å². The fourth-order valence-corrected chi connectivity index (χ4v) is 24.6. The Morgan fingerprint density at radius 3 is 1.07 bits per heavy atom. The predicted octanol–water partition coefficient (Wildman–Crippen LogP) is 26.1. The number of halogens is 24. The number of Topliss-reactive ketones (excluding diaryl/α,β-unsaturated/α-hetero) is 1. The van der Waals surface area contributed by atoms with Crippen LogP contribution in [0.15, 0.2) is 202 Å². The van der Waals surface area contributed by atoms with Gasteiger partial charge in [-0.25, -0.2) is 4.79 Å². The number of nitrogens with zero attached hydrogens (tertiary/aromatic N) is 9. The first kappa shape index (κ1) is 124. The molecule has 5 N–H and O–H groups in total. The quantitative estimate of drug-likeness (QED) is 0.00294. The van der Waals surface area contributed by atoms with Gasteiger partial charge in [0, 0.05) is 35.3 Å². The second-order valence-corrected chi connectivity index (χ2v) is 44.9. The number of hydrogen-bond donors (Lipinski definition) is 3. The van der Waals surface area contributed by atoms with Gasteiger partial charge in [-0.15, -0.1) is 14.6 Å². The van der Waals surface area contributed by atoms with Crippen molar-refractivity contribution < 1.29 is 162 Å². The Balaban J connectivity index is 0.000000570. The van der Waals surface area contributed by atoms with Gasteiger partial charge in [-0.05, 0) is 153 Å². The van der Waals surface area contributed by atoms with Crippen molar-refractivity contribution in [2.75, 3.05) is 26.8 Å². The van der Waals surface area contributed by atoms with Gasteiger partial charge in [0.05, 0.1) is 58.2 Å². The van der Waals surface area contributed by atoms with Gasteiger partial charge in [-0.2, -0.15) is 133 Å². The largest absolute Gasteiger partial charge is 0.478 e. The van der Waals surface area contributed by atoms with Crippen molar-refractivity contribution in [1.82, 2.24) is 24.9 Å². The van der Waals surface area contributed by atoms with E-state index in [1.807, 2.05) is 13.8 Å². The molecule has 24 nitrogen and oxygen atoms in total. The van der Waals surface area contributed by atoms with Gasteiger partial charge in [0.2, 0.25) is 24.4 Å². The van der Waals surface area contributed by atoms with Crippen LogP contribution in [0.2, 0.25) is 24.9 Å². The summed E-state index contributed by atoms with van der Waals surface area (Å²) < 4.78 is 372. The molecule has 0 saturated heterocycles. The van der Waals surface area contributed by atoms with Gasteiger partial charge >= 0.3 is 185 Å². The molecule has 1 aromatic heterocycles. The molecule has 1 heterocycles. The Bertz CT molecular complexity index is 5410. The van der Waals surface area contributed by atoms with Crippen molar-refractivity contribution >= 4 is 67.3 Å². The normalized spacial score (nSPS) is 12.6. The summed E-state index contributed by atoms with van der Waals surface area (Å²) >= 11 is -3.09. The SMILES string of the molecule is CC.CCC[CH2][Sn]([CH2]CCC)([CH2]CCC)[N]=[N+]=[N-].CCN(CC)S(=O)(=O)N=COOC.CCOC(=O)C(Oc1ccc(C(F)(F)F)cc1)c1cccc(C(F)(F)F)c1.FC(F)(F)c1ccc(OC(c2cccc(C(F)(F)F)c2)c2nn[nH]n2)cc1.N#CC(=O)C(Oc1ccc(C(F)(F)F)cc1)c1cccc(C(F)(F)F)c1.NC(=O)C(Oc1ccc(C(F)(F)F)cc1)c1cccc(C(F)(F)F)c1.[CH3][Al]([CH3])[NH2]. The van der Waals surface area contributed by atoms with Crippen molar-refractivity contribution in [2.24, 2.45) is 18.2 Å². The zero-order chi connectivity index (χ0) is 106. The monoisotopic (exact) mass is 2160 g/mol. The number of hydrogen-bond acceptors (Lipinski definition) is 18. The van der Waals surface area contributed by atoms with Crippen molar-refractivity contribution in [3.8, 4) is 29.1 Å². The molecule has 8 aromatic carbocycles. The molecule has 0 radical (unpaired) electrons. The van der Waals surface area contributed by atoms with E-state index in [0.29, 0.717) is 37.4 Å². The van der Waals surface area contributed by atoms with Gasteiger partial charge in [0.15, 0.2) is 12.2 Å². The molecule has 0 spiro atoms. The number of azide groups is 1. The minimum absolute atomic E-state index is 0.00443. The fourth-order valence-electron chi connectivity index (χ4n) is 11.5. The van der Waals surface area contributed by atoms with Crippen molar-refractivity contribution in [3.63, 3.8) is 0 Å². The molecule has 768 valence electrons. The minimum Gasteiger partial charge on any atom is -0.478 e. The van der Waals surface area contributed by atoms with Crippen LogP contribution in [0.1, 0.15) is 191 Å².